The Morgan fingerprint density at radius 3 is 3.31 bits per heavy atom. The number of carbonyl (C=O) groups is 1. The van der Waals surface area contributed by atoms with Gasteiger partial charge in [-0.15, -0.1) is 0 Å². The van der Waals surface area contributed by atoms with Crippen LogP contribution in [0.25, 0.3) is 0 Å². The van der Waals surface area contributed by atoms with Gasteiger partial charge in [-0.05, 0) is 19.8 Å². The van der Waals surface area contributed by atoms with E-state index in [1.54, 1.807) is 6.92 Å². The highest BCUT2D eigenvalue weighted by Gasteiger charge is 2.21. The third-order valence-corrected chi connectivity index (χ3v) is 1.83. The highest BCUT2D eigenvalue weighted by Crippen LogP contribution is 2.03. The number of ether oxygens (including phenoxy) is 1. The first kappa shape index (κ1) is 9.83. The Balaban J connectivity index is 2.49. The van der Waals surface area contributed by atoms with Gasteiger partial charge in [-0.3, -0.25) is 4.99 Å². The number of hydrogen-bond donors (Lipinski definition) is 2. The molecular weight excluding hydrogens is 170 g/mol. The van der Waals surface area contributed by atoms with Crippen LogP contribution in [0.4, 0.5) is 0 Å². The van der Waals surface area contributed by atoms with Gasteiger partial charge in [0.25, 0.3) is 0 Å². The quantitative estimate of drug-likeness (QED) is 0.575. The van der Waals surface area contributed by atoms with Gasteiger partial charge < -0.3 is 15.8 Å². The van der Waals surface area contributed by atoms with Crippen LogP contribution in [0.3, 0.4) is 0 Å². The molecule has 5 heteroatoms. The van der Waals surface area contributed by atoms with Gasteiger partial charge in [0.05, 0.1) is 6.61 Å². The fraction of sp³-hybridized carbons (Fsp3) is 0.750. The molecule has 3 N–H and O–H groups in total. The summed E-state index contributed by atoms with van der Waals surface area (Å²) in [7, 11) is 0. The molecule has 74 valence electrons. The van der Waals surface area contributed by atoms with Crippen LogP contribution in [0.5, 0.6) is 0 Å². The molecule has 1 unspecified atom stereocenters. The van der Waals surface area contributed by atoms with Crippen LogP contribution in [0.1, 0.15) is 19.8 Å². The van der Waals surface area contributed by atoms with Crippen molar-refractivity contribution >= 4 is 11.9 Å². The van der Waals surface area contributed by atoms with Gasteiger partial charge in [-0.1, -0.05) is 0 Å². The summed E-state index contributed by atoms with van der Waals surface area (Å²) >= 11 is 0. The molecular formula is C8H15N3O2. The number of rotatable bonds is 2. The van der Waals surface area contributed by atoms with E-state index < -0.39 is 0 Å². The average Bonchev–Trinajstić information content (AvgIpc) is 2.30. The fourth-order valence-corrected chi connectivity index (χ4v) is 1.21. The van der Waals surface area contributed by atoms with Crippen molar-refractivity contribution in [3.05, 3.63) is 0 Å². The summed E-state index contributed by atoms with van der Waals surface area (Å²) in [5, 5.41) is 2.82. The van der Waals surface area contributed by atoms with Crippen LogP contribution in [0.15, 0.2) is 4.99 Å². The van der Waals surface area contributed by atoms with E-state index in [1.807, 2.05) is 0 Å². The van der Waals surface area contributed by atoms with Gasteiger partial charge in [-0.25, -0.2) is 4.79 Å². The van der Waals surface area contributed by atoms with Gasteiger partial charge in [0, 0.05) is 6.54 Å². The molecule has 0 aromatic carbocycles. The summed E-state index contributed by atoms with van der Waals surface area (Å²) in [6, 6.07) is -0.328. The molecule has 1 atom stereocenters. The van der Waals surface area contributed by atoms with Crippen molar-refractivity contribution in [2.45, 2.75) is 25.8 Å². The summed E-state index contributed by atoms with van der Waals surface area (Å²) in [5.41, 5.74) is 5.49. The van der Waals surface area contributed by atoms with Crippen molar-refractivity contribution in [2.24, 2.45) is 10.7 Å². The van der Waals surface area contributed by atoms with Crippen molar-refractivity contribution in [1.29, 1.82) is 0 Å². The Morgan fingerprint density at radius 1 is 1.85 bits per heavy atom. The Morgan fingerprint density at radius 2 is 2.62 bits per heavy atom. The average molecular weight is 185 g/mol. The second-order valence-corrected chi connectivity index (χ2v) is 2.86. The predicted molar refractivity (Wildman–Crippen MR) is 49.3 cm³/mol. The third-order valence-electron chi connectivity index (χ3n) is 1.83. The largest absolute Gasteiger partial charge is 0.464 e. The molecule has 0 aromatic heterocycles. The topological polar surface area (TPSA) is 76.7 Å². The van der Waals surface area contributed by atoms with Crippen molar-refractivity contribution in [3.63, 3.8) is 0 Å². The first-order valence-electron chi connectivity index (χ1n) is 4.47. The van der Waals surface area contributed by atoms with Gasteiger partial charge >= 0.3 is 5.97 Å². The minimum Gasteiger partial charge on any atom is -0.464 e. The Hall–Kier alpha value is -1.26. The van der Waals surface area contributed by atoms with Crippen LogP contribution in [0, 0.1) is 0 Å². The fourth-order valence-electron chi connectivity index (χ4n) is 1.21. The molecule has 1 heterocycles. The molecule has 5 nitrogen and oxygen atoms in total. The molecule has 13 heavy (non-hydrogen) atoms. The summed E-state index contributed by atoms with van der Waals surface area (Å²) in [4.78, 5) is 15.3. The Labute approximate surface area is 77.3 Å². The highest BCUT2D eigenvalue weighted by atomic mass is 16.5. The third kappa shape index (κ3) is 2.93. The Kier molecular flexibility index (Phi) is 3.54. The molecule has 1 aliphatic rings. The van der Waals surface area contributed by atoms with E-state index in [0.29, 0.717) is 19.1 Å². The van der Waals surface area contributed by atoms with Crippen LogP contribution in [0.2, 0.25) is 0 Å². The SMILES string of the molecule is CCOC(=O)C1CCCN=C(N)N1. The van der Waals surface area contributed by atoms with Crippen LogP contribution in [-0.2, 0) is 9.53 Å². The maximum Gasteiger partial charge on any atom is 0.328 e. The maximum atomic E-state index is 11.3. The van der Waals surface area contributed by atoms with E-state index in [0.717, 1.165) is 12.8 Å². The number of aliphatic imine (C=N–C) groups is 1. The molecule has 0 bridgehead atoms. The number of nitrogens with zero attached hydrogens (tertiary/aromatic N) is 1. The van der Waals surface area contributed by atoms with Gasteiger partial charge in [-0.2, -0.15) is 0 Å². The van der Waals surface area contributed by atoms with Gasteiger partial charge in [0.15, 0.2) is 5.96 Å². The van der Waals surface area contributed by atoms with Crippen molar-refractivity contribution in [1.82, 2.24) is 5.32 Å². The van der Waals surface area contributed by atoms with Gasteiger partial charge in [0.2, 0.25) is 0 Å². The highest BCUT2D eigenvalue weighted by molar-refractivity contribution is 5.85. The molecule has 0 spiro atoms. The molecule has 1 rings (SSSR count). The number of guanidine groups is 1. The predicted octanol–water partition coefficient (Wildman–Crippen LogP) is -0.384. The molecule has 0 aromatic rings. The minimum atomic E-state index is -0.328. The maximum absolute atomic E-state index is 11.3. The second-order valence-electron chi connectivity index (χ2n) is 2.86. The Bertz CT molecular complexity index is 215. The van der Waals surface area contributed by atoms with E-state index >= 15 is 0 Å². The molecule has 0 amide bonds. The standard InChI is InChI=1S/C8H15N3O2/c1-2-13-7(12)6-4-3-5-10-8(9)11-6/h6H,2-5H2,1H3,(H3,9,10,11). The first-order chi connectivity index (χ1) is 6.24. The lowest BCUT2D eigenvalue weighted by Gasteiger charge is -2.14. The van der Waals surface area contributed by atoms with E-state index in [9.17, 15) is 4.79 Å². The number of nitrogens with one attached hydrogen (secondary N) is 1. The summed E-state index contributed by atoms with van der Waals surface area (Å²) in [6.45, 7) is 2.86. The van der Waals surface area contributed by atoms with E-state index in [4.69, 9.17) is 10.5 Å². The smallest absolute Gasteiger partial charge is 0.328 e. The molecule has 0 saturated heterocycles. The number of hydrogen-bond acceptors (Lipinski definition) is 5. The summed E-state index contributed by atoms with van der Waals surface area (Å²) in [5.74, 6) is 0.0816. The monoisotopic (exact) mass is 185 g/mol. The van der Waals surface area contributed by atoms with E-state index in [-0.39, 0.29) is 12.0 Å². The molecule has 0 aliphatic carbocycles. The zero-order chi connectivity index (χ0) is 9.68. The lowest BCUT2D eigenvalue weighted by atomic mass is 10.1. The number of carbonyl (C=O) groups excluding carboxylic acids is 1. The number of nitrogens with two attached hydrogens (primary N) is 1. The molecule has 1 aliphatic heterocycles. The van der Waals surface area contributed by atoms with Crippen molar-refractivity contribution in [2.75, 3.05) is 13.2 Å². The normalized spacial score (nSPS) is 22.5. The zero-order valence-corrected chi connectivity index (χ0v) is 7.75. The van der Waals surface area contributed by atoms with E-state index in [2.05, 4.69) is 10.3 Å². The van der Waals surface area contributed by atoms with Crippen molar-refractivity contribution in [3.8, 4) is 0 Å². The minimum absolute atomic E-state index is 0.248. The summed E-state index contributed by atoms with van der Waals surface area (Å²) in [6.07, 6.45) is 1.58. The van der Waals surface area contributed by atoms with Crippen LogP contribution < -0.4 is 11.1 Å². The second kappa shape index (κ2) is 4.69. The lowest BCUT2D eigenvalue weighted by Crippen LogP contribution is -2.44. The molecule has 0 radical (unpaired) electrons. The molecule has 0 fully saturated rings. The number of esters is 1. The zero-order valence-electron chi connectivity index (χ0n) is 7.75. The molecule has 0 saturated carbocycles. The van der Waals surface area contributed by atoms with Crippen LogP contribution >= 0.6 is 0 Å². The van der Waals surface area contributed by atoms with Crippen LogP contribution in [-0.4, -0.2) is 31.1 Å². The summed E-state index contributed by atoms with van der Waals surface area (Å²) < 4.78 is 4.87. The van der Waals surface area contributed by atoms with Gasteiger partial charge in [0.1, 0.15) is 6.04 Å². The first-order valence-corrected chi connectivity index (χ1v) is 4.47. The van der Waals surface area contributed by atoms with Crippen molar-refractivity contribution < 1.29 is 9.53 Å². The van der Waals surface area contributed by atoms with E-state index in [1.165, 1.54) is 0 Å². The lowest BCUT2D eigenvalue weighted by molar-refractivity contribution is -0.145.